The summed E-state index contributed by atoms with van der Waals surface area (Å²) in [4.78, 5) is 101. The van der Waals surface area contributed by atoms with Crippen molar-refractivity contribution in [3.05, 3.63) is 0 Å². The third-order valence-corrected chi connectivity index (χ3v) is 20.1. The SMILES string of the molecule is CCOC(=O)C(CCCCOC#N)N=C=O.COC(=O)C(CCCCOC#N)N=C=O.N#COC1CCC(CC2CCC(N=C=O)CC2)CC1.N#COCCCCCCN=C=O.N#COCCCCN=C=O.N#CSC1CCC(CC2CCC(N=C=S)CC2)CC1.N#CSCCCCCCN=C=S.N#CSCCCCN=C=S. The second-order valence-electron chi connectivity index (χ2n) is 25.5. The molecule has 30 nitrogen and oxygen atoms in total. The molecule has 0 radical (unpaired) electrons. The summed E-state index contributed by atoms with van der Waals surface area (Å²) in [7, 11) is 1.23. The molecule has 4 aliphatic carbocycles. The lowest BCUT2D eigenvalue weighted by Crippen LogP contribution is -2.24. The van der Waals surface area contributed by atoms with Crippen molar-refractivity contribution in [1.29, 1.82) is 42.1 Å². The maximum atomic E-state index is 11.3. The molecule has 0 saturated heterocycles. The van der Waals surface area contributed by atoms with Gasteiger partial charge >= 0.3 is 11.9 Å². The molecule has 2 unspecified atom stereocenters. The molecule has 0 aromatic heterocycles. The lowest BCUT2D eigenvalue weighted by atomic mass is 9.76. The van der Waals surface area contributed by atoms with Crippen LogP contribution in [-0.4, -0.2) is 171 Å². The van der Waals surface area contributed by atoms with Crippen molar-refractivity contribution in [2.75, 3.05) is 77.8 Å². The smallest absolute Gasteiger partial charge is 0.331 e. The summed E-state index contributed by atoms with van der Waals surface area (Å²) in [5.41, 5.74) is 0. The number of rotatable bonds is 47. The van der Waals surface area contributed by atoms with Gasteiger partial charge in [0.25, 0.3) is 31.3 Å². The van der Waals surface area contributed by atoms with Gasteiger partial charge in [-0.2, -0.15) is 52.1 Å². The van der Waals surface area contributed by atoms with E-state index in [0.717, 1.165) is 138 Å². The standard InChI is InChI=1S/C15H22N2O2.C15H22N2S2.C10H14N2O4.C9H12N2O4.C8H12N2O2.C8H12N2S2.C6H8N2O2.C6H8N2S2/c2*16-10-19-15-7-3-13(4-8-15)9-12-1-5-14(6-2-12)17-11-18;1-2-16-10(14)9(12-8-13)5-3-4-6-15-7-11;1-14-9(13)8(11-7-12)4-2-3-5-15-6-10;2*9-7-12-6-4-2-1-3-5-10-8-11;2*7-5-10-4-2-1-3-8-6-9/h2*12-15H,1-9H2;9H,2-6H2,1H3;8H,2-5H2,1H3;2*1-6H2;2*1-4H2. The first kappa shape index (κ1) is 111. The molecule has 618 valence electrons. The molecule has 36 heteroatoms. The predicted molar refractivity (Wildman–Crippen MR) is 439 cm³/mol. The molecule has 4 aliphatic rings. The summed E-state index contributed by atoms with van der Waals surface area (Å²) in [5, 5.41) is 79.7. The van der Waals surface area contributed by atoms with Crippen molar-refractivity contribution in [2.24, 2.45) is 63.6 Å². The maximum Gasteiger partial charge on any atom is 0.331 e. The number of hydrogen-bond donors (Lipinski definition) is 0. The number of carbonyl (C=O) groups excluding carboxylic acids is 7. The maximum absolute atomic E-state index is 11.3. The molecule has 0 N–H and O–H groups in total. The first-order valence-electron chi connectivity index (χ1n) is 38.1. The number of aliphatic imine (C=N–C) groups is 8. The number of hydrogen-bond acceptors (Lipinski definition) is 36. The Morgan fingerprint density at radius 1 is 0.407 bits per heavy atom. The number of isothiocyanates is 3. The van der Waals surface area contributed by atoms with Crippen LogP contribution in [0.5, 0.6) is 0 Å². The average Bonchev–Trinajstić information content (AvgIpc) is 0.886. The highest BCUT2D eigenvalue weighted by atomic mass is 32.2. The molecule has 2 atom stereocenters. The van der Waals surface area contributed by atoms with E-state index in [4.69, 9.17) is 51.6 Å². The molecule has 4 saturated carbocycles. The number of nitriles is 8. The first-order valence-corrected chi connectivity index (χ1v) is 42.2. The fourth-order valence-electron chi connectivity index (χ4n) is 11.9. The van der Waals surface area contributed by atoms with E-state index in [1.807, 2.05) is 11.7 Å². The summed E-state index contributed by atoms with van der Waals surface area (Å²) in [6.07, 6.45) is 52.5. The van der Waals surface area contributed by atoms with E-state index >= 15 is 0 Å². The van der Waals surface area contributed by atoms with E-state index in [0.29, 0.717) is 89.3 Å². The van der Waals surface area contributed by atoms with E-state index in [2.05, 4.69) is 127 Å². The van der Waals surface area contributed by atoms with Crippen molar-refractivity contribution in [3.63, 3.8) is 0 Å². The van der Waals surface area contributed by atoms with Crippen LogP contribution < -0.4 is 0 Å². The van der Waals surface area contributed by atoms with Crippen LogP contribution in [0.2, 0.25) is 0 Å². The number of thiocyanates is 3. The van der Waals surface area contributed by atoms with Crippen LogP contribution in [0.15, 0.2) is 39.9 Å². The van der Waals surface area contributed by atoms with E-state index in [1.54, 1.807) is 31.8 Å². The Hall–Kier alpha value is -8.79. The lowest BCUT2D eigenvalue weighted by molar-refractivity contribution is -0.145. The number of unbranched alkanes of at least 4 members (excludes halogenated alkanes) is 10. The summed E-state index contributed by atoms with van der Waals surface area (Å²) >= 11 is 17.6. The fraction of sp³-hybridized carbons (Fsp3) is 0.766. The van der Waals surface area contributed by atoms with Crippen LogP contribution in [-0.2, 0) is 66.7 Å². The highest BCUT2D eigenvalue weighted by molar-refractivity contribution is 8.04. The molecule has 0 aromatic carbocycles. The van der Waals surface area contributed by atoms with Gasteiger partial charge in [-0.3, -0.25) is 0 Å². The summed E-state index contributed by atoms with van der Waals surface area (Å²) in [5.74, 6) is 4.18. The fourth-order valence-corrected chi connectivity index (χ4v) is 13.7. The molecule has 4 fully saturated rings. The van der Waals surface area contributed by atoms with E-state index < -0.39 is 24.0 Å². The van der Waals surface area contributed by atoms with Gasteiger partial charge in [-0.25, -0.2) is 63.5 Å². The first-order chi connectivity index (χ1) is 55.3. The monoisotopic (exact) mass is 1670 g/mol. The highest BCUT2D eigenvalue weighted by Gasteiger charge is 2.29. The van der Waals surface area contributed by atoms with E-state index in [1.165, 1.54) is 176 Å². The minimum atomic E-state index is -0.797. The molecule has 0 aromatic rings. The number of esters is 2. The predicted octanol–water partition coefficient (Wildman–Crippen LogP) is 16.5. The molecule has 0 amide bonds. The Balaban J connectivity index is -0.000000608. The van der Waals surface area contributed by atoms with Crippen LogP contribution >= 0.6 is 71.9 Å². The van der Waals surface area contributed by atoms with Crippen LogP contribution in [0.4, 0.5) is 0 Å². The van der Waals surface area contributed by atoms with Crippen molar-refractivity contribution in [3.8, 4) is 47.5 Å². The third-order valence-electron chi connectivity index (χ3n) is 17.6. The van der Waals surface area contributed by atoms with Gasteiger partial charge in [0.15, 0.2) is 12.1 Å². The summed E-state index contributed by atoms with van der Waals surface area (Å²) < 4.78 is 32.0. The van der Waals surface area contributed by atoms with Crippen molar-refractivity contribution >= 4 is 130 Å². The Bertz CT molecular complexity index is 3070. The highest BCUT2D eigenvalue weighted by Crippen LogP contribution is 2.39. The van der Waals surface area contributed by atoms with E-state index in [-0.39, 0.29) is 18.8 Å². The number of methoxy groups -OCH3 is 1. The van der Waals surface area contributed by atoms with E-state index in [9.17, 15) is 33.6 Å². The molecular formula is C77H110N16O14S6. The molecule has 4 rings (SSSR count). The molecule has 0 spiro atoms. The molecule has 0 aliphatic heterocycles. The zero-order valence-electron chi connectivity index (χ0n) is 65.3. The van der Waals surface area contributed by atoms with Crippen LogP contribution in [0.25, 0.3) is 0 Å². The average molecular weight is 1680 g/mol. The zero-order valence-corrected chi connectivity index (χ0v) is 70.2. The molecular weight excluding hydrogens is 1570 g/mol. The number of carbonyl (C=O) groups is 2. The van der Waals surface area contributed by atoms with Crippen LogP contribution in [0.3, 0.4) is 0 Å². The lowest BCUT2D eigenvalue weighted by Gasteiger charge is -2.32. The Morgan fingerprint density at radius 2 is 0.779 bits per heavy atom. The second kappa shape index (κ2) is 92.1. The van der Waals surface area contributed by atoms with Gasteiger partial charge in [0.2, 0.25) is 30.4 Å². The van der Waals surface area contributed by atoms with Gasteiger partial charge in [-0.15, -0.1) is 0 Å². The van der Waals surface area contributed by atoms with Gasteiger partial charge in [-0.05, 0) is 314 Å². The second-order valence-corrected chi connectivity index (χ2v) is 28.9. The van der Waals surface area contributed by atoms with Crippen molar-refractivity contribution < 1.29 is 66.7 Å². The minimum absolute atomic E-state index is 0.166. The Kier molecular flexibility index (Phi) is 90.1. The normalized spacial score (nSPS) is 17.9. The minimum Gasteiger partial charge on any atom is -0.467 e. The largest absolute Gasteiger partial charge is 0.467 e. The molecule has 0 heterocycles. The van der Waals surface area contributed by atoms with Crippen molar-refractivity contribution in [2.45, 2.75) is 274 Å². The third kappa shape index (κ3) is 78.3. The topological polar surface area (TPSA) is 473 Å². The summed E-state index contributed by atoms with van der Waals surface area (Å²) in [6.45, 7) is 6.01. The molecule has 0 bridgehead atoms. The van der Waals surface area contributed by atoms with Crippen LogP contribution in [0.1, 0.15) is 238 Å². The van der Waals surface area contributed by atoms with Crippen LogP contribution in [0, 0.1) is 113 Å². The number of thioether (sulfide) groups is 3. The number of isocyanates is 5. The van der Waals surface area contributed by atoms with Gasteiger partial charge in [0.05, 0.1) is 54.4 Å². The van der Waals surface area contributed by atoms with Gasteiger partial charge in [0, 0.05) is 29.8 Å². The quantitative estimate of drug-likeness (QED) is 0.0136. The summed E-state index contributed by atoms with van der Waals surface area (Å²) in [6, 6.07) is -0.904. The molecule has 113 heavy (non-hydrogen) atoms. The zero-order chi connectivity index (χ0) is 84.2. The Labute approximate surface area is 696 Å². The van der Waals surface area contributed by atoms with Gasteiger partial charge < -0.3 is 33.2 Å². The van der Waals surface area contributed by atoms with Gasteiger partial charge in [-0.1, -0.05) is 19.3 Å². The number of thiocarbonyl (C=S) groups is 3. The number of nitrogens with zero attached hydrogens (tertiary/aromatic N) is 16. The Morgan fingerprint density at radius 3 is 1.16 bits per heavy atom. The van der Waals surface area contributed by atoms with Crippen molar-refractivity contribution in [1.82, 2.24) is 0 Å². The van der Waals surface area contributed by atoms with Gasteiger partial charge in [0.1, 0.15) is 48.7 Å². The number of ether oxygens (including phenoxy) is 7.